The number of aryl methyl sites for hydroxylation is 2. The van der Waals surface area contributed by atoms with Crippen LogP contribution in [0.5, 0.6) is 0 Å². The van der Waals surface area contributed by atoms with E-state index in [1.54, 1.807) is 37.7 Å². The maximum atomic E-state index is 12.8. The van der Waals surface area contributed by atoms with Crippen molar-refractivity contribution in [1.82, 2.24) is 14.9 Å². The van der Waals surface area contributed by atoms with Crippen LogP contribution < -0.4 is 15.9 Å². The van der Waals surface area contributed by atoms with Gasteiger partial charge in [0.2, 0.25) is 5.95 Å². The molecule has 190 valence electrons. The van der Waals surface area contributed by atoms with Crippen LogP contribution in [-0.4, -0.2) is 47.3 Å². The van der Waals surface area contributed by atoms with Gasteiger partial charge in [0.15, 0.2) is 5.82 Å². The Kier molecular flexibility index (Phi) is 7.60. The summed E-state index contributed by atoms with van der Waals surface area (Å²) in [6, 6.07) is 12.5. The fourth-order valence-corrected chi connectivity index (χ4v) is 6.82. The van der Waals surface area contributed by atoms with Crippen molar-refractivity contribution in [1.29, 1.82) is 0 Å². The highest BCUT2D eigenvalue weighted by Crippen LogP contribution is 2.40. The van der Waals surface area contributed by atoms with Gasteiger partial charge < -0.3 is 20.1 Å². The number of hydrogen-bond donors (Lipinski definition) is 2. The average Bonchev–Trinajstić information content (AvgIpc) is 3.29. The molecular weight excluding hydrogens is 512 g/mol. The predicted molar refractivity (Wildman–Crippen MR) is 152 cm³/mol. The van der Waals surface area contributed by atoms with Gasteiger partial charge in [0, 0.05) is 22.1 Å². The average molecular weight is 544 g/mol. The molecule has 6 nitrogen and oxygen atoms in total. The summed E-state index contributed by atoms with van der Waals surface area (Å²) in [5.41, 5.74) is 4.47. The number of likely N-dealkylation sites (tertiary alicyclic amines) is 1. The minimum atomic E-state index is -2.58. The van der Waals surface area contributed by atoms with Gasteiger partial charge in [0.05, 0.1) is 11.9 Å². The molecule has 2 aromatic carbocycles. The highest BCUT2D eigenvalue weighted by atomic mass is 35.5. The lowest BCUT2D eigenvalue weighted by Crippen LogP contribution is -2.32. The summed E-state index contributed by atoms with van der Waals surface area (Å²) in [6.45, 7) is 5.93. The van der Waals surface area contributed by atoms with Crippen LogP contribution in [0.15, 0.2) is 42.6 Å². The molecule has 2 heterocycles. The molecule has 2 N–H and O–H groups in total. The highest BCUT2D eigenvalue weighted by Gasteiger charge is 2.24. The first-order valence-corrected chi connectivity index (χ1v) is 15.9. The fourth-order valence-electron chi connectivity index (χ4n) is 5.27. The molecule has 5 rings (SSSR count). The first kappa shape index (κ1) is 25.5. The van der Waals surface area contributed by atoms with Gasteiger partial charge in [-0.15, -0.1) is 0 Å². The zero-order valence-electron chi connectivity index (χ0n) is 20.7. The molecule has 1 aliphatic heterocycles. The van der Waals surface area contributed by atoms with E-state index < -0.39 is 7.14 Å². The molecule has 1 saturated heterocycles. The Morgan fingerprint density at radius 1 is 0.972 bits per heavy atom. The summed E-state index contributed by atoms with van der Waals surface area (Å²) in [5.74, 6) is 0.881. The zero-order valence-corrected chi connectivity index (χ0v) is 23.1. The smallest absolute Gasteiger partial charge is 0.229 e. The van der Waals surface area contributed by atoms with Crippen molar-refractivity contribution < 1.29 is 4.57 Å². The third-order valence-electron chi connectivity index (χ3n) is 7.15. The molecule has 0 amide bonds. The second kappa shape index (κ2) is 10.7. The molecule has 1 fully saturated rings. The van der Waals surface area contributed by atoms with Gasteiger partial charge in [-0.1, -0.05) is 29.3 Å². The van der Waals surface area contributed by atoms with Gasteiger partial charge in [0.25, 0.3) is 0 Å². The van der Waals surface area contributed by atoms with Gasteiger partial charge >= 0.3 is 0 Å². The van der Waals surface area contributed by atoms with E-state index in [0.717, 1.165) is 18.5 Å². The van der Waals surface area contributed by atoms with Crippen LogP contribution in [0.1, 0.15) is 36.8 Å². The largest absolute Gasteiger partial charge is 0.338 e. The van der Waals surface area contributed by atoms with E-state index in [9.17, 15) is 4.57 Å². The normalized spacial score (nSPS) is 18.5. The number of halogens is 2. The quantitative estimate of drug-likeness (QED) is 0.261. The van der Waals surface area contributed by atoms with E-state index in [1.807, 2.05) is 0 Å². The summed E-state index contributed by atoms with van der Waals surface area (Å²) >= 11 is 12.6. The van der Waals surface area contributed by atoms with Crippen molar-refractivity contribution in [3.05, 3.63) is 63.8 Å². The van der Waals surface area contributed by atoms with E-state index in [4.69, 9.17) is 23.2 Å². The third kappa shape index (κ3) is 5.89. The lowest BCUT2D eigenvalue weighted by molar-refractivity contribution is 0.222. The maximum Gasteiger partial charge on any atom is 0.229 e. The molecule has 0 saturated carbocycles. The van der Waals surface area contributed by atoms with Crippen LogP contribution in [0.3, 0.4) is 0 Å². The number of nitrogens with one attached hydrogen (secondary N) is 2. The number of rotatable bonds is 6. The number of benzene rings is 2. The lowest BCUT2D eigenvalue weighted by Gasteiger charge is -2.25. The van der Waals surface area contributed by atoms with Crippen LogP contribution in [0, 0.1) is 0 Å². The molecule has 9 heteroatoms. The molecule has 0 spiro atoms. The van der Waals surface area contributed by atoms with Crippen molar-refractivity contribution in [2.24, 2.45) is 0 Å². The van der Waals surface area contributed by atoms with Crippen molar-refractivity contribution in [2.75, 3.05) is 37.1 Å². The minimum Gasteiger partial charge on any atom is -0.338 e. The predicted octanol–water partition coefficient (Wildman–Crippen LogP) is 6.86. The Balaban J connectivity index is 1.33. The molecule has 1 aromatic heterocycles. The fraction of sp³-hybridized carbons (Fsp3) is 0.407. The standard InChI is InChI=1S/C27H32Cl2N5OP/c1-36(2,35)25-16-20(28)8-12-24(25)32-26-23(29)17-30-27(33-26)31-21-9-5-18-6-10-22(11-7-19(18)15-21)34-13-3-4-14-34/h5,8-9,12,15-17,22H,3-4,6-7,10-11,13-14H2,1-2H3,(H2,30,31,32,33). The van der Waals surface area contributed by atoms with Crippen LogP contribution >= 0.6 is 30.3 Å². The molecule has 1 aliphatic carbocycles. The van der Waals surface area contributed by atoms with E-state index in [0.29, 0.717) is 38.8 Å². The Hall–Kier alpha value is -2.11. The van der Waals surface area contributed by atoms with Gasteiger partial charge in [-0.05, 0) is 106 Å². The van der Waals surface area contributed by atoms with Crippen LogP contribution in [0.4, 0.5) is 23.1 Å². The summed E-state index contributed by atoms with van der Waals surface area (Å²) in [6.07, 6.45) is 8.92. The van der Waals surface area contributed by atoms with Crippen molar-refractivity contribution in [3.63, 3.8) is 0 Å². The topological polar surface area (TPSA) is 70.2 Å². The molecule has 36 heavy (non-hydrogen) atoms. The number of hydrogen-bond acceptors (Lipinski definition) is 6. The van der Waals surface area contributed by atoms with Gasteiger partial charge in [-0.3, -0.25) is 0 Å². The van der Waals surface area contributed by atoms with E-state index in [-0.39, 0.29) is 0 Å². The lowest BCUT2D eigenvalue weighted by atomic mass is 10.0. The first-order valence-electron chi connectivity index (χ1n) is 12.5. The van der Waals surface area contributed by atoms with E-state index in [2.05, 4.69) is 43.7 Å². The Bertz CT molecular complexity index is 1310. The Labute approximate surface area is 223 Å². The minimum absolute atomic E-state index is 0.373. The second-order valence-corrected chi connectivity index (χ2v) is 14.1. The highest BCUT2D eigenvalue weighted by molar-refractivity contribution is 7.70. The zero-order chi connectivity index (χ0) is 25.3. The van der Waals surface area contributed by atoms with Gasteiger partial charge in [-0.25, -0.2) is 4.98 Å². The monoisotopic (exact) mass is 543 g/mol. The third-order valence-corrected chi connectivity index (χ3v) is 9.19. The van der Waals surface area contributed by atoms with E-state index >= 15 is 0 Å². The second-order valence-electron chi connectivity index (χ2n) is 10.1. The van der Waals surface area contributed by atoms with Crippen LogP contribution in [0.2, 0.25) is 10.0 Å². The summed E-state index contributed by atoms with van der Waals surface area (Å²) in [7, 11) is -2.58. The van der Waals surface area contributed by atoms with Crippen molar-refractivity contribution >= 4 is 58.8 Å². The first-order chi connectivity index (χ1) is 17.3. The molecule has 1 unspecified atom stereocenters. The Morgan fingerprint density at radius 3 is 2.47 bits per heavy atom. The summed E-state index contributed by atoms with van der Waals surface area (Å²) < 4.78 is 12.8. The number of nitrogens with zero attached hydrogens (tertiary/aromatic N) is 3. The van der Waals surface area contributed by atoms with Crippen molar-refractivity contribution in [3.8, 4) is 0 Å². The Morgan fingerprint density at radius 2 is 1.72 bits per heavy atom. The van der Waals surface area contributed by atoms with Crippen LogP contribution in [0.25, 0.3) is 0 Å². The molecule has 0 radical (unpaired) electrons. The maximum absolute atomic E-state index is 12.8. The van der Waals surface area contributed by atoms with Crippen LogP contribution in [-0.2, 0) is 17.4 Å². The molecule has 3 aromatic rings. The molecule has 2 aliphatic rings. The summed E-state index contributed by atoms with van der Waals surface area (Å²) in [4.78, 5) is 11.7. The number of aromatic nitrogens is 2. The molecule has 1 atom stereocenters. The SMILES string of the molecule is CP(C)(=O)c1cc(Cl)ccc1Nc1nc(Nc2ccc3c(c2)CCC(N2CCCC2)CC3)ncc1Cl. The van der Waals surface area contributed by atoms with Gasteiger partial charge in [-0.2, -0.15) is 4.98 Å². The van der Waals surface area contributed by atoms with E-state index in [1.165, 1.54) is 49.9 Å². The van der Waals surface area contributed by atoms with Crippen molar-refractivity contribution in [2.45, 2.75) is 44.6 Å². The number of anilines is 4. The molecular formula is C27H32Cl2N5OP. The van der Waals surface area contributed by atoms with Gasteiger partial charge in [0.1, 0.15) is 12.2 Å². The molecule has 0 bridgehead atoms. The summed E-state index contributed by atoms with van der Waals surface area (Å²) in [5, 5.41) is 8.13. The number of fused-ring (bicyclic) bond motifs is 1.